The predicted molar refractivity (Wildman–Crippen MR) is 107 cm³/mol. The van der Waals surface area contributed by atoms with E-state index in [1.165, 1.54) is 0 Å². The van der Waals surface area contributed by atoms with Crippen LogP contribution in [0, 0.1) is 0 Å². The van der Waals surface area contributed by atoms with Crippen molar-refractivity contribution in [1.29, 1.82) is 0 Å². The summed E-state index contributed by atoms with van der Waals surface area (Å²) in [5.74, 6) is 0.567. The maximum atomic E-state index is 13.0. The van der Waals surface area contributed by atoms with Crippen LogP contribution in [0.15, 0.2) is 47.7 Å². The molecule has 0 radical (unpaired) electrons. The maximum Gasteiger partial charge on any atom is 0.272 e. The van der Waals surface area contributed by atoms with Crippen LogP contribution in [0.1, 0.15) is 21.6 Å². The normalized spacial score (nSPS) is 13.3. The second-order valence-electron chi connectivity index (χ2n) is 6.89. The number of rotatable bonds is 3. The van der Waals surface area contributed by atoms with Crippen LogP contribution in [0.5, 0.6) is 0 Å². The Morgan fingerprint density at radius 3 is 2.79 bits per heavy atom. The van der Waals surface area contributed by atoms with Crippen LogP contribution in [0.4, 0.5) is 5.82 Å². The van der Waals surface area contributed by atoms with Crippen molar-refractivity contribution in [2.75, 3.05) is 4.90 Å². The van der Waals surface area contributed by atoms with Gasteiger partial charge in [-0.1, -0.05) is 6.07 Å². The average Bonchev–Trinajstić information content (AvgIpc) is 3.28. The Labute approximate surface area is 164 Å². The molecule has 144 valence electrons. The summed E-state index contributed by atoms with van der Waals surface area (Å²) in [6.07, 6.45) is 4.99. The predicted octanol–water partition coefficient (Wildman–Crippen LogP) is 1.34. The standard InChI is InChI=1S/C20H17N7O2/c1-26-19(27-10-12-4-5-22-8-16(12)20(27)29)15(9-23-26)11-2-3-13-14(6-11)17(7-21)24-25-18(13)28/h2-6,8-9H,7,10,21H2,1H3,(H,25,28). The number of aromatic nitrogens is 5. The quantitative estimate of drug-likeness (QED) is 0.547. The maximum absolute atomic E-state index is 13.0. The van der Waals surface area contributed by atoms with Crippen LogP contribution >= 0.6 is 0 Å². The lowest BCUT2D eigenvalue weighted by atomic mass is 10.0. The van der Waals surface area contributed by atoms with E-state index in [1.807, 2.05) is 18.2 Å². The number of aryl methyl sites for hydroxylation is 1. The summed E-state index contributed by atoms with van der Waals surface area (Å²) in [5, 5.41) is 12.1. The number of amides is 1. The third kappa shape index (κ3) is 2.55. The molecule has 0 saturated heterocycles. The van der Waals surface area contributed by atoms with Crippen molar-refractivity contribution >= 4 is 22.5 Å². The van der Waals surface area contributed by atoms with E-state index in [2.05, 4.69) is 20.3 Å². The molecular weight excluding hydrogens is 370 g/mol. The number of pyridine rings is 1. The van der Waals surface area contributed by atoms with Gasteiger partial charge in [-0.15, -0.1) is 0 Å². The average molecular weight is 387 g/mol. The monoisotopic (exact) mass is 387 g/mol. The highest BCUT2D eigenvalue weighted by molar-refractivity contribution is 6.11. The number of nitrogens with zero attached hydrogens (tertiary/aromatic N) is 5. The van der Waals surface area contributed by atoms with E-state index in [0.717, 1.165) is 16.7 Å². The van der Waals surface area contributed by atoms with Gasteiger partial charge in [0.05, 0.1) is 29.4 Å². The van der Waals surface area contributed by atoms with Gasteiger partial charge in [0.2, 0.25) is 0 Å². The molecule has 1 aliphatic rings. The molecule has 0 spiro atoms. The van der Waals surface area contributed by atoms with Crippen LogP contribution in [0.25, 0.3) is 21.9 Å². The highest BCUT2D eigenvalue weighted by Gasteiger charge is 2.32. The van der Waals surface area contributed by atoms with Gasteiger partial charge in [-0.05, 0) is 29.3 Å². The molecule has 1 aromatic carbocycles. The van der Waals surface area contributed by atoms with Crippen LogP contribution < -0.4 is 16.2 Å². The molecule has 9 heteroatoms. The van der Waals surface area contributed by atoms with Crippen molar-refractivity contribution < 1.29 is 4.79 Å². The molecule has 1 amide bonds. The van der Waals surface area contributed by atoms with Crippen molar-refractivity contribution in [3.05, 3.63) is 70.0 Å². The van der Waals surface area contributed by atoms with Crippen LogP contribution in [0.2, 0.25) is 0 Å². The van der Waals surface area contributed by atoms with Crippen molar-refractivity contribution in [3.8, 4) is 11.1 Å². The van der Waals surface area contributed by atoms with Gasteiger partial charge in [0, 0.05) is 36.9 Å². The number of nitrogens with one attached hydrogen (secondary N) is 1. The third-order valence-corrected chi connectivity index (χ3v) is 5.25. The number of H-pyrrole nitrogens is 1. The van der Waals surface area contributed by atoms with Crippen LogP contribution in [-0.2, 0) is 20.1 Å². The van der Waals surface area contributed by atoms with Crippen LogP contribution in [0.3, 0.4) is 0 Å². The lowest BCUT2D eigenvalue weighted by Crippen LogP contribution is -2.26. The summed E-state index contributed by atoms with van der Waals surface area (Å²) in [5.41, 5.74) is 9.26. The number of fused-ring (bicyclic) bond motifs is 2. The number of nitrogens with two attached hydrogens (primary N) is 1. The number of carbonyl (C=O) groups is 1. The van der Waals surface area contributed by atoms with Gasteiger partial charge in [0.1, 0.15) is 5.82 Å². The van der Waals surface area contributed by atoms with Crippen LogP contribution in [-0.4, -0.2) is 30.9 Å². The molecule has 29 heavy (non-hydrogen) atoms. The van der Waals surface area contributed by atoms with Crippen molar-refractivity contribution in [2.24, 2.45) is 12.8 Å². The van der Waals surface area contributed by atoms with Gasteiger partial charge in [-0.25, -0.2) is 5.10 Å². The smallest absolute Gasteiger partial charge is 0.272 e. The zero-order valence-electron chi connectivity index (χ0n) is 15.6. The zero-order valence-corrected chi connectivity index (χ0v) is 15.6. The molecule has 3 aromatic heterocycles. The molecule has 0 saturated carbocycles. The molecule has 4 aromatic rings. The van der Waals surface area contributed by atoms with E-state index in [9.17, 15) is 9.59 Å². The zero-order chi connectivity index (χ0) is 20.1. The van der Waals surface area contributed by atoms with Gasteiger partial charge in [-0.2, -0.15) is 10.2 Å². The molecular formula is C20H17N7O2. The molecule has 0 unspecified atom stereocenters. The topological polar surface area (TPSA) is 123 Å². The summed E-state index contributed by atoms with van der Waals surface area (Å²) in [4.78, 5) is 30.8. The number of hydrogen-bond donors (Lipinski definition) is 2. The van der Waals surface area contributed by atoms with Gasteiger partial charge in [0.15, 0.2) is 0 Å². The first-order valence-corrected chi connectivity index (χ1v) is 9.07. The van der Waals surface area contributed by atoms with E-state index in [4.69, 9.17) is 5.73 Å². The van der Waals surface area contributed by atoms with Crippen molar-refractivity contribution in [1.82, 2.24) is 25.0 Å². The first-order chi connectivity index (χ1) is 14.1. The Hall–Kier alpha value is -3.85. The van der Waals surface area contributed by atoms with E-state index in [1.54, 1.807) is 41.3 Å². The number of aromatic amines is 1. The minimum atomic E-state index is -0.271. The van der Waals surface area contributed by atoms with Gasteiger partial charge in [-0.3, -0.25) is 24.2 Å². The first-order valence-electron chi connectivity index (χ1n) is 9.07. The SMILES string of the molecule is Cn1ncc(-c2ccc3c(=O)[nH]nc(CN)c3c2)c1N1Cc2ccncc2C1=O. The molecule has 4 heterocycles. The Balaban J connectivity index is 1.67. The fourth-order valence-corrected chi connectivity index (χ4v) is 3.81. The molecule has 1 aliphatic heterocycles. The summed E-state index contributed by atoms with van der Waals surface area (Å²) >= 11 is 0. The molecule has 0 atom stereocenters. The number of benzene rings is 1. The highest BCUT2D eigenvalue weighted by Crippen LogP contribution is 2.36. The lowest BCUT2D eigenvalue weighted by molar-refractivity contribution is 0.0995. The molecule has 9 nitrogen and oxygen atoms in total. The fourth-order valence-electron chi connectivity index (χ4n) is 3.81. The minimum absolute atomic E-state index is 0.112. The fraction of sp³-hybridized carbons (Fsp3) is 0.150. The Morgan fingerprint density at radius 2 is 2.00 bits per heavy atom. The second-order valence-corrected chi connectivity index (χ2v) is 6.89. The van der Waals surface area contributed by atoms with Gasteiger partial charge in [0.25, 0.3) is 11.5 Å². The van der Waals surface area contributed by atoms with Crippen molar-refractivity contribution in [2.45, 2.75) is 13.1 Å². The lowest BCUT2D eigenvalue weighted by Gasteiger charge is -2.18. The Kier molecular flexibility index (Phi) is 3.78. The van der Waals surface area contributed by atoms with Crippen molar-refractivity contribution in [3.63, 3.8) is 0 Å². The number of hydrogen-bond acceptors (Lipinski definition) is 6. The molecule has 0 bridgehead atoms. The van der Waals surface area contributed by atoms with Gasteiger partial charge < -0.3 is 5.73 Å². The largest absolute Gasteiger partial charge is 0.325 e. The van der Waals surface area contributed by atoms with Gasteiger partial charge >= 0.3 is 0 Å². The highest BCUT2D eigenvalue weighted by atomic mass is 16.2. The summed E-state index contributed by atoms with van der Waals surface area (Å²) in [6, 6.07) is 7.31. The minimum Gasteiger partial charge on any atom is -0.325 e. The number of carbonyl (C=O) groups excluding carboxylic acids is 1. The third-order valence-electron chi connectivity index (χ3n) is 5.25. The molecule has 5 rings (SSSR count). The summed E-state index contributed by atoms with van der Waals surface area (Å²) in [7, 11) is 1.80. The molecule has 0 aliphatic carbocycles. The summed E-state index contributed by atoms with van der Waals surface area (Å²) in [6.45, 7) is 0.648. The van der Waals surface area contributed by atoms with E-state index < -0.39 is 0 Å². The van der Waals surface area contributed by atoms with E-state index in [0.29, 0.717) is 34.4 Å². The second kappa shape index (κ2) is 6.35. The summed E-state index contributed by atoms with van der Waals surface area (Å²) < 4.78 is 1.68. The van der Waals surface area contributed by atoms with E-state index >= 15 is 0 Å². The number of anilines is 1. The molecule has 0 fully saturated rings. The first kappa shape index (κ1) is 17.3. The Bertz CT molecular complexity index is 1340. The Morgan fingerprint density at radius 1 is 1.14 bits per heavy atom. The molecule has 3 N–H and O–H groups in total. The van der Waals surface area contributed by atoms with E-state index in [-0.39, 0.29) is 18.0 Å².